The molecule has 1 heterocycles. The van der Waals surface area contributed by atoms with Crippen molar-refractivity contribution in [3.63, 3.8) is 0 Å². The first kappa shape index (κ1) is 9.45. The first-order chi connectivity index (χ1) is 6.72. The molecule has 0 aliphatic heterocycles. The standard InChI is InChI=1S/C9H12N2O2S/c1-2-13-8(12)5-3-4-6-7(5)11-9(10)14-6/h5H,2-4H2,1H3,(H2,10,11)/t5-/m0/s1. The normalized spacial score (nSPS) is 19.4. The third-order valence-corrected chi connectivity index (χ3v) is 3.27. The van der Waals surface area contributed by atoms with Gasteiger partial charge in [0.05, 0.1) is 12.3 Å². The Hall–Kier alpha value is -1.10. The molecule has 0 saturated carbocycles. The molecule has 1 aromatic heterocycles. The van der Waals surface area contributed by atoms with E-state index in [1.54, 1.807) is 0 Å². The number of fused-ring (bicyclic) bond motifs is 1. The Bertz CT molecular complexity index is 362. The largest absolute Gasteiger partial charge is 0.465 e. The van der Waals surface area contributed by atoms with Crippen LogP contribution in [0.1, 0.15) is 29.8 Å². The minimum Gasteiger partial charge on any atom is -0.465 e. The molecule has 0 fully saturated rings. The first-order valence-corrected chi connectivity index (χ1v) is 5.45. The van der Waals surface area contributed by atoms with Crippen molar-refractivity contribution in [2.45, 2.75) is 25.7 Å². The van der Waals surface area contributed by atoms with E-state index >= 15 is 0 Å². The number of thiazole rings is 1. The van der Waals surface area contributed by atoms with Gasteiger partial charge in [-0.25, -0.2) is 4.98 Å². The van der Waals surface area contributed by atoms with Crippen molar-refractivity contribution in [3.8, 4) is 0 Å². The Balaban J connectivity index is 2.20. The van der Waals surface area contributed by atoms with Gasteiger partial charge < -0.3 is 10.5 Å². The molecule has 4 nitrogen and oxygen atoms in total. The van der Waals surface area contributed by atoms with Gasteiger partial charge >= 0.3 is 5.97 Å². The molecule has 0 amide bonds. The third kappa shape index (κ3) is 1.48. The zero-order chi connectivity index (χ0) is 10.1. The third-order valence-electron chi connectivity index (χ3n) is 2.31. The number of carbonyl (C=O) groups is 1. The number of rotatable bonds is 2. The van der Waals surface area contributed by atoms with Crippen LogP contribution in [0, 0.1) is 0 Å². The highest BCUT2D eigenvalue weighted by Crippen LogP contribution is 2.37. The molecule has 0 bridgehead atoms. The van der Waals surface area contributed by atoms with E-state index in [1.165, 1.54) is 11.3 Å². The maximum atomic E-state index is 11.5. The fourth-order valence-corrected chi connectivity index (χ4v) is 2.63. The van der Waals surface area contributed by atoms with Gasteiger partial charge in [0.1, 0.15) is 5.92 Å². The van der Waals surface area contributed by atoms with E-state index in [4.69, 9.17) is 10.5 Å². The predicted octanol–water partition coefficient (Wildman–Crippen LogP) is 1.32. The summed E-state index contributed by atoms with van der Waals surface area (Å²) in [6.07, 6.45) is 1.71. The average Bonchev–Trinajstić information content (AvgIpc) is 2.62. The maximum absolute atomic E-state index is 11.5. The van der Waals surface area contributed by atoms with Gasteiger partial charge in [0.25, 0.3) is 0 Å². The number of nitrogens with zero attached hydrogens (tertiary/aromatic N) is 1. The zero-order valence-corrected chi connectivity index (χ0v) is 8.76. The molecule has 1 aliphatic carbocycles. The van der Waals surface area contributed by atoms with E-state index in [9.17, 15) is 4.79 Å². The molecular formula is C9H12N2O2S. The fourth-order valence-electron chi connectivity index (χ4n) is 1.72. The van der Waals surface area contributed by atoms with Crippen molar-refractivity contribution in [3.05, 3.63) is 10.6 Å². The number of ether oxygens (including phenoxy) is 1. The van der Waals surface area contributed by atoms with Gasteiger partial charge in [-0.3, -0.25) is 4.79 Å². The van der Waals surface area contributed by atoms with Crippen LogP contribution < -0.4 is 5.73 Å². The molecule has 14 heavy (non-hydrogen) atoms. The Morgan fingerprint density at radius 3 is 3.29 bits per heavy atom. The van der Waals surface area contributed by atoms with Crippen molar-refractivity contribution in [1.82, 2.24) is 4.98 Å². The molecular weight excluding hydrogens is 200 g/mol. The lowest BCUT2D eigenvalue weighted by Crippen LogP contribution is -2.14. The van der Waals surface area contributed by atoms with Crippen molar-refractivity contribution < 1.29 is 9.53 Å². The summed E-state index contributed by atoms with van der Waals surface area (Å²) in [4.78, 5) is 16.8. The Morgan fingerprint density at radius 2 is 2.57 bits per heavy atom. The van der Waals surface area contributed by atoms with Crippen molar-refractivity contribution in [2.75, 3.05) is 12.3 Å². The number of carbonyl (C=O) groups excluding carboxylic acids is 1. The van der Waals surface area contributed by atoms with Crippen LogP contribution in [-0.4, -0.2) is 17.6 Å². The van der Waals surface area contributed by atoms with Crippen LogP contribution in [0.2, 0.25) is 0 Å². The number of aryl methyl sites for hydroxylation is 1. The quantitative estimate of drug-likeness (QED) is 0.751. The van der Waals surface area contributed by atoms with Crippen LogP contribution in [0.15, 0.2) is 0 Å². The molecule has 1 aliphatic rings. The van der Waals surface area contributed by atoms with Crippen molar-refractivity contribution in [1.29, 1.82) is 0 Å². The van der Waals surface area contributed by atoms with E-state index in [0.29, 0.717) is 11.7 Å². The Morgan fingerprint density at radius 1 is 1.79 bits per heavy atom. The summed E-state index contributed by atoms with van der Waals surface area (Å²) < 4.78 is 4.98. The summed E-state index contributed by atoms with van der Waals surface area (Å²) >= 11 is 1.47. The van der Waals surface area contributed by atoms with Crippen LogP contribution in [0.4, 0.5) is 5.13 Å². The number of aromatic nitrogens is 1. The molecule has 2 rings (SSSR count). The lowest BCUT2D eigenvalue weighted by molar-refractivity contribution is -0.144. The van der Waals surface area contributed by atoms with E-state index in [1.807, 2.05) is 6.92 Å². The van der Waals surface area contributed by atoms with E-state index < -0.39 is 0 Å². The lowest BCUT2D eigenvalue weighted by atomic mass is 10.1. The molecule has 0 aromatic carbocycles. The molecule has 0 radical (unpaired) electrons. The highest BCUT2D eigenvalue weighted by atomic mass is 32.1. The number of nitrogens with two attached hydrogens (primary N) is 1. The topological polar surface area (TPSA) is 65.2 Å². The van der Waals surface area contributed by atoms with Gasteiger partial charge in [-0.2, -0.15) is 0 Å². The summed E-state index contributed by atoms with van der Waals surface area (Å²) in [6, 6.07) is 0. The minimum atomic E-state index is -0.182. The van der Waals surface area contributed by atoms with Crippen LogP contribution >= 0.6 is 11.3 Å². The predicted molar refractivity (Wildman–Crippen MR) is 54.2 cm³/mol. The molecule has 0 unspecified atom stereocenters. The highest BCUT2D eigenvalue weighted by molar-refractivity contribution is 7.15. The molecule has 1 aromatic rings. The molecule has 5 heteroatoms. The second kappa shape index (κ2) is 3.57. The van der Waals surface area contributed by atoms with Gasteiger partial charge in [0.15, 0.2) is 5.13 Å². The smallest absolute Gasteiger partial charge is 0.315 e. The summed E-state index contributed by atoms with van der Waals surface area (Å²) in [5, 5.41) is 0.545. The number of hydrogen-bond donors (Lipinski definition) is 1. The summed E-state index contributed by atoms with van der Waals surface area (Å²) in [5.74, 6) is -0.352. The SMILES string of the molecule is CCOC(=O)[C@H]1CCc2sc(N)nc21. The molecule has 0 saturated heterocycles. The van der Waals surface area contributed by atoms with Crippen LogP contribution in [0.5, 0.6) is 0 Å². The number of hydrogen-bond acceptors (Lipinski definition) is 5. The van der Waals surface area contributed by atoms with Gasteiger partial charge in [0.2, 0.25) is 0 Å². The monoisotopic (exact) mass is 212 g/mol. The minimum absolute atomic E-state index is 0.170. The van der Waals surface area contributed by atoms with Crippen molar-refractivity contribution in [2.24, 2.45) is 0 Å². The van der Waals surface area contributed by atoms with Gasteiger partial charge in [-0.1, -0.05) is 0 Å². The van der Waals surface area contributed by atoms with Crippen molar-refractivity contribution >= 4 is 22.4 Å². The lowest BCUT2D eigenvalue weighted by Gasteiger charge is -2.07. The number of esters is 1. The van der Waals surface area contributed by atoms with Crippen LogP contribution in [0.25, 0.3) is 0 Å². The molecule has 2 N–H and O–H groups in total. The van der Waals surface area contributed by atoms with Gasteiger partial charge in [-0.15, -0.1) is 11.3 Å². The second-order valence-corrected chi connectivity index (χ2v) is 4.32. The van der Waals surface area contributed by atoms with Crippen LogP contribution in [-0.2, 0) is 16.0 Å². The van der Waals surface area contributed by atoms with Gasteiger partial charge in [-0.05, 0) is 19.8 Å². The Labute approximate surface area is 86.1 Å². The second-order valence-electron chi connectivity index (χ2n) is 3.20. The molecule has 0 spiro atoms. The summed E-state index contributed by atoms with van der Waals surface area (Å²) in [5.41, 5.74) is 6.42. The first-order valence-electron chi connectivity index (χ1n) is 4.64. The van der Waals surface area contributed by atoms with Gasteiger partial charge in [0, 0.05) is 4.88 Å². The maximum Gasteiger partial charge on any atom is 0.315 e. The number of nitrogen functional groups attached to an aromatic ring is 1. The van der Waals surface area contributed by atoms with E-state index in [-0.39, 0.29) is 11.9 Å². The van der Waals surface area contributed by atoms with E-state index in [0.717, 1.165) is 23.4 Å². The average molecular weight is 212 g/mol. The van der Waals surface area contributed by atoms with E-state index in [2.05, 4.69) is 4.98 Å². The summed E-state index contributed by atoms with van der Waals surface area (Å²) in [6.45, 7) is 2.23. The zero-order valence-electron chi connectivity index (χ0n) is 7.95. The number of anilines is 1. The Kier molecular flexibility index (Phi) is 2.41. The highest BCUT2D eigenvalue weighted by Gasteiger charge is 2.33. The summed E-state index contributed by atoms with van der Waals surface area (Å²) in [7, 11) is 0. The fraction of sp³-hybridized carbons (Fsp3) is 0.556. The van der Waals surface area contributed by atoms with Crippen LogP contribution in [0.3, 0.4) is 0 Å². The molecule has 1 atom stereocenters. The molecule has 76 valence electrons.